The van der Waals surface area contributed by atoms with Gasteiger partial charge < -0.3 is 20.3 Å². The molecule has 17 heavy (non-hydrogen) atoms. The lowest BCUT2D eigenvalue weighted by Gasteiger charge is -2.24. The van der Waals surface area contributed by atoms with Crippen molar-refractivity contribution in [3.63, 3.8) is 0 Å². The number of carboxylic acid groups (broad SMARTS) is 1. The Balaban J connectivity index is 4.44. The minimum absolute atomic E-state index is 0.284. The smallest absolute Gasteiger partial charge is 0.408 e. The van der Waals surface area contributed by atoms with Gasteiger partial charge in [0.1, 0.15) is 5.60 Å². The fourth-order valence-corrected chi connectivity index (χ4v) is 1.65. The van der Waals surface area contributed by atoms with Gasteiger partial charge in [-0.15, -0.1) is 0 Å². The van der Waals surface area contributed by atoms with Gasteiger partial charge in [-0.1, -0.05) is 0 Å². The van der Waals surface area contributed by atoms with Crippen LogP contribution in [0, 0.1) is 0 Å². The molecule has 0 saturated heterocycles. The van der Waals surface area contributed by atoms with E-state index in [1.807, 2.05) is 0 Å². The number of amides is 1. The molecule has 0 fully saturated rings. The minimum atomic E-state index is -1.64. The van der Waals surface area contributed by atoms with Crippen molar-refractivity contribution in [2.45, 2.75) is 38.5 Å². The summed E-state index contributed by atoms with van der Waals surface area (Å²) in [6, 6.07) is -0.877. The lowest BCUT2D eigenvalue weighted by molar-refractivity contribution is -0.147. The van der Waals surface area contributed by atoms with E-state index in [0.717, 1.165) is 0 Å². The summed E-state index contributed by atoms with van der Waals surface area (Å²) in [5, 5.41) is 20.4. The zero-order valence-electron chi connectivity index (χ0n) is 10.4. The Morgan fingerprint density at radius 2 is 1.94 bits per heavy atom. The largest absolute Gasteiger partial charge is 0.479 e. The summed E-state index contributed by atoms with van der Waals surface area (Å²) in [5.41, 5.74) is -0.665. The first-order valence-electron chi connectivity index (χ1n) is 5.06. The monoisotopic (exact) mass is 265 g/mol. The molecule has 3 N–H and O–H groups in total. The van der Waals surface area contributed by atoms with Gasteiger partial charge in [0.15, 0.2) is 6.10 Å². The average molecular weight is 265 g/mol. The Morgan fingerprint density at radius 1 is 1.41 bits per heavy atom. The molecular weight excluding hydrogens is 246 g/mol. The first-order valence-corrected chi connectivity index (χ1v) is 6.46. The maximum absolute atomic E-state index is 11.4. The summed E-state index contributed by atoms with van der Waals surface area (Å²) in [4.78, 5) is 22.1. The summed E-state index contributed by atoms with van der Waals surface area (Å²) in [5.74, 6) is -1.09. The molecule has 0 aromatic heterocycles. The molecule has 0 saturated carbocycles. The number of carboxylic acids is 1. The summed E-state index contributed by atoms with van der Waals surface area (Å²) in [6.45, 7) is 5.09. The Bertz CT molecular complexity index is 276. The van der Waals surface area contributed by atoms with Crippen LogP contribution in [-0.4, -0.2) is 52.0 Å². The molecule has 6 nitrogen and oxygen atoms in total. The lowest BCUT2D eigenvalue weighted by Crippen LogP contribution is -2.49. The third kappa shape index (κ3) is 7.06. The van der Waals surface area contributed by atoms with Gasteiger partial charge >= 0.3 is 12.1 Å². The SMILES string of the molecule is CSC[C@@H](NC(=O)OC(C)(C)C)[C@H](O)C(=O)O. The maximum atomic E-state index is 11.4. The van der Waals surface area contributed by atoms with Crippen molar-refractivity contribution in [1.29, 1.82) is 0 Å². The number of aliphatic hydroxyl groups excluding tert-OH is 1. The van der Waals surface area contributed by atoms with E-state index >= 15 is 0 Å². The van der Waals surface area contributed by atoms with Crippen molar-refractivity contribution in [2.75, 3.05) is 12.0 Å². The van der Waals surface area contributed by atoms with Crippen molar-refractivity contribution in [1.82, 2.24) is 5.32 Å². The molecule has 0 unspecified atom stereocenters. The van der Waals surface area contributed by atoms with Gasteiger partial charge in [0.2, 0.25) is 0 Å². The summed E-state index contributed by atoms with van der Waals surface area (Å²) in [7, 11) is 0. The van der Waals surface area contributed by atoms with Crippen molar-refractivity contribution in [2.24, 2.45) is 0 Å². The van der Waals surface area contributed by atoms with Gasteiger partial charge in [0.05, 0.1) is 6.04 Å². The third-order valence-corrected chi connectivity index (χ3v) is 2.37. The molecule has 0 spiro atoms. The number of alkyl carbamates (subject to hydrolysis) is 1. The van der Waals surface area contributed by atoms with E-state index in [1.165, 1.54) is 11.8 Å². The number of hydrogen-bond donors (Lipinski definition) is 3. The van der Waals surface area contributed by atoms with E-state index < -0.39 is 29.8 Å². The highest BCUT2D eigenvalue weighted by Crippen LogP contribution is 2.09. The van der Waals surface area contributed by atoms with Crippen LogP contribution in [-0.2, 0) is 9.53 Å². The van der Waals surface area contributed by atoms with Crippen LogP contribution in [0.1, 0.15) is 20.8 Å². The topological polar surface area (TPSA) is 95.9 Å². The van der Waals surface area contributed by atoms with Crippen LogP contribution in [0.4, 0.5) is 4.79 Å². The predicted octanol–water partition coefficient (Wildman–Crippen LogP) is 0.688. The van der Waals surface area contributed by atoms with Gasteiger partial charge in [-0.25, -0.2) is 9.59 Å². The molecule has 1 amide bonds. The fraction of sp³-hybridized carbons (Fsp3) is 0.800. The number of carbonyl (C=O) groups excluding carboxylic acids is 1. The van der Waals surface area contributed by atoms with Crippen LogP contribution in [0.15, 0.2) is 0 Å². The minimum Gasteiger partial charge on any atom is -0.479 e. The van der Waals surface area contributed by atoms with Crippen LogP contribution in [0.25, 0.3) is 0 Å². The zero-order chi connectivity index (χ0) is 13.6. The number of hydrogen-bond acceptors (Lipinski definition) is 5. The highest BCUT2D eigenvalue weighted by atomic mass is 32.2. The molecular formula is C10H19NO5S. The van der Waals surface area contributed by atoms with Crippen LogP contribution in [0.3, 0.4) is 0 Å². The summed E-state index contributed by atoms with van der Waals surface area (Å²) >= 11 is 1.32. The van der Waals surface area contributed by atoms with Crippen molar-refractivity contribution in [3.05, 3.63) is 0 Å². The number of thioether (sulfide) groups is 1. The van der Waals surface area contributed by atoms with Crippen molar-refractivity contribution in [3.8, 4) is 0 Å². The molecule has 0 aliphatic carbocycles. The molecule has 0 aromatic rings. The van der Waals surface area contributed by atoms with E-state index in [9.17, 15) is 14.7 Å². The third-order valence-electron chi connectivity index (χ3n) is 1.68. The van der Waals surface area contributed by atoms with E-state index in [-0.39, 0.29) is 5.75 Å². The van der Waals surface area contributed by atoms with E-state index in [2.05, 4.69) is 5.32 Å². The van der Waals surface area contributed by atoms with Crippen LogP contribution < -0.4 is 5.32 Å². The normalized spacial score (nSPS) is 14.9. The number of aliphatic carboxylic acids is 1. The Kier molecular flexibility index (Phi) is 6.33. The lowest BCUT2D eigenvalue weighted by atomic mass is 10.2. The molecule has 2 atom stereocenters. The van der Waals surface area contributed by atoms with Crippen LogP contribution in [0.5, 0.6) is 0 Å². The second-order valence-electron chi connectivity index (χ2n) is 4.49. The van der Waals surface area contributed by atoms with Gasteiger partial charge in [-0.3, -0.25) is 0 Å². The van der Waals surface area contributed by atoms with E-state index in [1.54, 1.807) is 27.0 Å². The maximum Gasteiger partial charge on any atom is 0.408 e. The number of nitrogens with one attached hydrogen (secondary N) is 1. The molecule has 0 bridgehead atoms. The molecule has 0 rings (SSSR count). The number of aliphatic hydroxyl groups is 1. The van der Waals surface area contributed by atoms with Crippen molar-refractivity contribution >= 4 is 23.8 Å². The first-order chi connectivity index (χ1) is 7.67. The number of ether oxygens (including phenoxy) is 1. The van der Waals surface area contributed by atoms with E-state index in [0.29, 0.717) is 0 Å². The molecule has 100 valence electrons. The van der Waals surface area contributed by atoms with Gasteiger partial charge in [0, 0.05) is 5.75 Å². The average Bonchev–Trinajstić information content (AvgIpc) is 2.12. The molecule has 0 aliphatic rings. The van der Waals surface area contributed by atoms with Crippen LogP contribution in [0.2, 0.25) is 0 Å². The molecule has 0 radical (unpaired) electrons. The van der Waals surface area contributed by atoms with Gasteiger partial charge in [-0.2, -0.15) is 11.8 Å². The van der Waals surface area contributed by atoms with E-state index in [4.69, 9.17) is 9.84 Å². The predicted molar refractivity (Wildman–Crippen MR) is 65.2 cm³/mol. The van der Waals surface area contributed by atoms with Gasteiger partial charge in [-0.05, 0) is 27.0 Å². The highest BCUT2D eigenvalue weighted by Gasteiger charge is 2.28. The van der Waals surface area contributed by atoms with Crippen LogP contribution >= 0.6 is 11.8 Å². The summed E-state index contributed by atoms with van der Waals surface area (Å²) in [6.07, 6.45) is -0.634. The highest BCUT2D eigenvalue weighted by molar-refractivity contribution is 7.98. The second-order valence-corrected chi connectivity index (χ2v) is 5.40. The summed E-state index contributed by atoms with van der Waals surface area (Å²) < 4.78 is 4.98. The van der Waals surface area contributed by atoms with Crippen molar-refractivity contribution < 1.29 is 24.5 Å². The second kappa shape index (κ2) is 6.70. The molecule has 7 heteroatoms. The molecule has 0 aliphatic heterocycles. The molecule has 0 aromatic carbocycles. The fourth-order valence-electron chi connectivity index (χ4n) is 1.02. The number of carbonyl (C=O) groups is 2. The standard InChI is InChI=1S/C10H19NO5S/c1-10(2,3)16-9(15)11-6(5-17-4)7(12)8(13)14/h6-7,12H,5H2,1-4H3,(H,11,15)(H,13,14)/t6-,7+/m1/s1. The zero-order valence-corrected chi connectivity index (χ0v) is 11.2. The Labute approximate surface area is 105 Å². The molecule has 0 heterocycles. The number of rotatable bonds is 5. The quantitative estimate of drug-likeness (QED) is 0.677. The van der Waals surface area contributed by atoms with Gasteiger partial charge in [0.25, 0.3) is 0 Å². The Morgan fingerprint density at radius 3 is 2.29 bits per heavy atom. The Hall–Kier alpha value is -0.950. The first kappa shape index (κ1) is 16.1.